The lowest BCUT2D eigenvalue weighted by molar-refractivity contribution is -0.160. The Balaban J connectivity index is 1.80. The van der Waals surface area contributed by atoms with Crippen molar-refractivity contribution < 1.29 is 33.0 Å². The minimum atomic E-state index is -2.00. The van der Waals surface area contributed by atoms with E-state index in [0.717, 1.165) is 12.0 Å². The van der Waals surface area contributed by atoms with Crippen molar-refractivity contribution in [2.24, 2.45) is 0 Å². The molecule has 3 rings (SSSR count). The van der Waals surface area contributed by atoms with E-state index in [2.05, 4.69) is 40.4 Å². The van der Waals surface area contributed by atoms with Crippen molar-refractivity contribution >= 4 is 20.3 Å². The Bertz CT molecular complexity index is 994. The number of hydrogen-bond donors (Lipinski definition) is 0. The quantitative estimate of drug-likeness (QED) is 0.208. The van der Waals surface area contributed by atoms with Crippen LogP contribution in [-0.2, 0) is 29.9 Å². The van der Waals surface area contributed by atoms with Crippen molar-refractivity contribution in [3.05, 3.63) is 42.0 Å². The predicted octanol–water partition coefficient (Wildman–Crippen LogP) is 6.35. The van der Waals surface area contributed by atoms with Crippen molar-refractivity contribution in [1.29, 1.82) is 0 Å². The Morgan fingerprint density at radius 3 is 2.51 bits per heavy atom. The van der Waals surface area contributed by atoms with Crippen molar-refractivity contribution in [3.8, 4) is 5.75 Å². The second-order valence-corrected chi connectivity index (χ2v) is 17.0. The normalized spacial score (nSPS) is 24.3. The third-order valence-electron chi connectivity index (χ3n) is 7.45. The van der Waals surface area contributed by atoms with Gasteiger partial charge in [0.15, 0.2) is 8.32 Å². The molecule has 7 nitrogen and oxygen atoms in total. The molecule has 1 saturated heterocycles. The maximum Gasteiger partial charge on any atom is 0.345 e. The van der Waals surface area contributed by atoms with Crippen molar-refractivity contribution in [3.63, 3.8) is 0 Å². The molecule has 206 valence electrons. The number of fused-ring (bicyclic) bond motifs is 1. The topological polar surface area (TPSA) is 80.3 Å². The van der Waals surface area contributed by atoms with Crippen LogP contribution in [0.5, 0.6) is 5.75 Å². The van der Waals surface area contributed by atoms with E-state index in [1.165, 1.54) is 6.92 Å². The van der Waals surface area contributed by atoms with E-state index in [9.17, 15) is 9.59 Å². The third kappa shape index (κ3) is 7.68. The average Bonchev–Trinajstić information content (AvgIpc) is 2.71. The zero-order valence-electron chi connectivity index (χ0n) is 23.7. The van der Waals surface area contributed by atoms with Crippen LogP contribution >= 0.6 is 0 Å². The minimum absolute atomic E-state index is 0.0322. The summed E-state index contributed by atoms with van der Waals surface area (Å²) in [4.78, 5) is 24.7. The van der Waals surface area contributed by atoms with Crippen LogP contribution < -0.4 is 4.74 Å². The standard InChI is InChI=1S/C29H44O7Si/c1-10-12-21(36-37(8,9)28(3,4)5)16-24-18-23(32-19(2)30)17-22(33-24)15-20-13-11-14-25-26(20)27(31)35-29(6,7)34-25/h10-11,13-14,21-24H,1,12,15-18H2,2-9H3/t21-,22-,23+,24-/m0/s1. The molecular weight excluding hydrogens is 488 g/mol. The van der Waals surface area contributed by atoms with E-state index in [1.54, 1.807) is 19.9 Å². The number of benzene rings is 1. The van der Waals surface area contributed by atoms with Crippen molar-refractivity contribution in [1.82, 2.24) is 0 Å². The second kappa shape index (κ2) is 11.3. The van der Waals surface area contributed by atoms with Crippen molar-refractivity contribution in [2.45, 2.75) is 122 Å². The fraction of sp³-hybridized carbons (Fsp3) is 0.655. The Morgan fingerprint density at radius 2 is 1.89 bits per heavy atom. The number of hydrogen-bond acceptors (Lipinski definition) is 7. The van der Waals surface area contributed by atoms with Crippen LogP contribution in [0.2, 0.25) is 18.1 Å². The van der Waals surface area contributed by atoms with Gasteiger partial charge in [0.25, 0.3) is 0 Å². The van der Waals surface area contributed by atoms with Crippen LogP contribution in [0.4, 0.5) is 0 Å². The van der Waals surface area contributed by atoms with Gasteiger partial charge in [-0.25, -0.2) is 4.79 Å². The molecule has 0 amide bonds. The van der Waals surface area contributed by atoms with Crippen LogP contribution in [0, 0.1) is 0 Å². The van der Waals surface area contributed by atoms with Crippen LogP contribution in [0.1, 0.15) is 83.1 Å². The summed E-state index contributed by atoms with van der Waals surface area (Å²) in [5.74, 6) is -1.21. The molecule has 0 unspecified atom stereocenters. The first-order chi connectivity index (χ1) is 17.1. The first-order valence-electron chi connectivity index (χ1n) is 13.3. The number of esters is 2. The first-order valence-corrected chi connectivity index (χ1v) is 16.2. The fourth-order valence-corrected chi connectivity index (χ4v) is 6.19. The van der Waals surface area contributed by atoms with Gasteiger partial charge in [0.05, 0.1) is 18.3 Å². The molecule has 2 aliphatic heterocycles. The molecular formula is C29H44O7Si. The van der Waals surface area contributed by atoms with Gasteiger partial charge in [-0.1, -0.05) is 39.0 Å². The van der Waals surface area contributed by atoms with Crippen molar-refractivity contribution in [2.75, 3.05) is 0 Å². The lowest BCUT2D eigenvalue weighted by Crippen LogP contribution is -2.46. The van der Waals surface area contributed by atoms with Crippen LogP contribution in [0.25, 0.3) is 0 Å². The van der Waals surface area contributed by atoms with E-state index < -0.39 is 20.1 Å². The molecule has 1 aromatic carbocycles. The van der Waals surface area contributed by atoms with E-state index in [1.807, 2.05) is 18.2 Å². The SMILES string of the molecule is C=CC[C@@H](C[C@H]1C[C@H](OC(C)=O)C[C@H](Cc2cccc3c2C(=O)OC(C)(C)O3)O1)O[Si](C)(C)C(C)(C)C. The molecule has 4 atom stereocenters. The molecule has 2 aliphatic rings. The highest BCUT2D eigenvalue weighted by molar-refractivity contribution is 6.74. The summed E-state index contributed by atoms with van der Waals surface area (Å²) in [6, 6.07) is 5.56. The van der Waals surface area contributed by atoms with Gasteiger partial charge in [-0.2, -0.15) is 0 Å². The molecule has 1 aromatic rings. The lowest BCUT2D eigenvalue weighted by Gasteiger charge is -2.41. The number of rotatable bonds is 9. The molecule has 37 heavy (non-hydrogen) atoms. The zero-order chi connectivity index (χ0) is 27.6. The van der Waals surface area contributed by atoms with E-state index in [4.69, 9.17) is 23.4 Å². The monoisotopic (exact) mass is 532 g/mol. The summed E-state index contributed by atoms with van der Waals surface area (Å²) in [6.45, 7) is 20.0. The first kappa shape index (κ1) is 29.4. The van der Waals surface area contributed by atoms with Gasteiger partial charge in [0, 0.05) is 33.6 Å². The highest BCUT2D eigenvalue weighted by Crippen LogP contribution is 2.39. The smallest absolute Gasteiger partial charge is 0.345 e. The van der Waals surface area contributed by atoms with Gasteiger partial charge in [-0.3, -0.25) is 4.79 Å². The predicted molar refractivity (Wildman–Crippen MR) is 145 cm³/mol. The van der Waals surface area contributed by atoms with Gasteiger partial charge < -0.3 is 23.4 Å². The molecule has 0 aromatic heterocycles. The third-order valence-corrected chi connectivity index (χ3v) is 12.0. The summed E-state index contributed by atoms with van der Waals surface area (Å²) < 4.78 is 30.3. The molecule has 0 N–H and O–H groups in total. The van der Waals surface area contributed by atoms with Crippen LogP contribution in [-0.4, -0.2) is 50.5 Å². The molecule has 0 aliphatic carbocycles. The lowest BCUT2D eigenvalue weighted by atomic mass is 9.91. The summed E-state index contributed by atoms with van der Waals surface area (Å²) >= 11 is 0. The highest BCUT2D eigenvalue weighted by Gasteiger charge is 2.41. The highest BCUT2D eigenvalue weighted by atomic mass is 28.4. The van der Waals surface area contributed by atoms with Gasteiger partial charge in [-0.15, -0.1) is 6.58 Å². The Kier molecular flexibility index (Phi) is 8.97. The molecule has 0 spiro atoms. The number of carbonyl (C=O) groups excluding carboxylic acids is 2. The van der Waals surface area contributed by atoms with Gasteiger partial charge in [0.2, 0.25) is 5.79 Å². The van der Waals surface area contributed by atoms with Gasteiger partial charge >= 0.3 is 11.9 Å². The van der Waals surface area contributed by atoms with Gasteiger partial charge in [0.1, 0.15) is 17.4 Å². The van der Waals surface area contributed by atoms with E-state index in [-0.39, 0.29) is 35.4 Å². The minimum Gasteiger partial charge on any atom is -0.462 e. The molecule has 8 heteroatoms. The number of ether oxygens (including phenoxy) is 4. The molecule has 0 radical (unpaired) electrons. The number of cyclic esters (lactones) is 1. The summed E-state index contributed by atoms with van der Waals surface area (Å²) in [6.07, 6.45) is 4.24. The molecule has 2 heterocycles. The van der Waals surface area contributed by atoms with Gasteiger partial charge in [-0.05, 0) is 49.0 Å². The Hall–Kier alpha value is -2.16. The summed E-state index contributed by atoms with van der Waals surface area (Å²) in [5, 5.41) is 0.0836. The fourth-order valence-electron chi connectivity index (χ4n) is 4.81. The maximum absolute atomic E-state index is 12.8. The average molecular weight is 533 g/mol. The van der Waals surface area contributed by atoms with E-state index >= 15 is 0 Å². The number of carbonyl (C=O) groups is 2. The molecule has 1 fully saturated rings. The van der Waals surface area contributed by atoms with Crippen LogP contribution in [0.15, 0.2) is 30.9 Å². The van der Waals surface area contributed by atoms with Crippen LogP contribution in [0.3, 0.4) is 0 Å². The second-order valence-electron chi connectivity index (χ2n) is 12.2. The summed E-state index contributed by atoms with van der Waals surface area (Å²) in [7, 11) is -2.00. The zero-order valence-corrected chi connectivity index (χ0v) is 24.7. The Morgan fingerprint density at radius 1 is 1.22 bits per heavy atom. The van der Waals surface area contributed by atoms with E-state index in [0.29, 0.717) is 37.0 Å². The molecule has 0 bridgehead atoms. The summed E-state index contributed by atoms with van der Waals surface area (Å²) in [5.41, 5.74) is 1.23. The maximum atomic E-state index is 12.8. The largest absolute Gasteiger partial charge is 0.462 e. The Labute approximate surface area is 223 Å². The molecule has 0 saturated carbocycles.